The Hall–Kier alpha value is -3.56. The van der Waals surface area contributed by atoms with Gasteiger partial charge in [0.1, 0.15) is 18.3 Å². The minimum Gasteiger partial charge on any atom is -0.494 e. The van der Waals surface area contributed by atoms with E-state index in [0.717, 1.165) is 15.4 Å². The Morgan fingerprint density at radius 1 is 0.927 bits per heavy atom. The maximum atomic E-state index is 14.0. The van der Waals surface area contributed by atoms with Crippen molar-refractivity contribution in [2.24, 2.45) is 5.92 Å². The SMILES string of the molecule is CCOc1ccc(N(CC(=O)N(Cc2ccc(C)cc2)[C@H](C)C(=O)NCC(C)C)S(=O)(=O)c2ccc(Cl)cc2)cc1. The lowest BCUT2D eigenvalue weighted by molar-refractivity contribution is -0.139. The summed E-state index contributed by atoms with van der Waals surface area (Å²) in [7, 11) is -4.18. The van der Waals surface area contributed by atoms with Crippen LogP contribution in [0.15, 0.2) is 77.7 Å². The Labute approximate surface area is 248 Å². The summed E-state index contributed by atoms with van der Waals surface area (Å²) in [6, 6.07) is 19.1. The molecule has 8 nitrogen and oxygen atoms in total. The summed E-state index contributed by atoms with van der Waals surface area (Å²) in [5.41, 5.74) is 2.16. The third-order valence-corrected chi connectivity index (χ3v) is 8.48. The fourth-order valence-electron chi connectivity index (χ4n) is 4.06. The summed E-state index contributed by atoms with van der Waals surface area (Å²) >= 11 is 6.01. The third-order valence-electron chi connectivity index (χ3n) is 6.44. The maximum absolute atomic E-state index is 14.0. The molecule has 0 aliphatic heterocycles. The minimum atomic E-state index is -4.18. The molecule has 0 aromatic heterocycles. The smallest absolute Gasteiger partial charge is 0.264 e. The zero-order valence-electron chi connectivity index (χ0n) is 24.1. The van der Waals surface area contributed by atoms with Crippen LogP contribution in [-0.4, -0.2) is 50.9 Å². The van der Waals surface area contributed by atoms with E-state index in [4.69, 9.17) is 16.3 Å². The van der Waals surface area contributed by atoms with Crippen LogP contribution in [-0.2, 0) is 26.2 Å². The molecular formula is C31H38ClN3O5S. The number of aryl methyl sites for hydroxylation is 1. The van der Waals surface area contributed by atoms with E-state index < -0.39 is 28.5 Å². The van der Waals surface area contributed by atoms with E-state index in [0.29, 0.717) is 23.9 Å². The Kier molecular flexibility index (Phi) is 11.2. The highest BCUT2D eigenvalue weighted by atomic mass is 35.5. The van der Waals surface area contributed by atoms with Crippen LogP contribution < -0.4 is 14.4 Å². The van der Waals surface area contributed by atoms with Gasteiger partial charge in [-0.05, 0) is 80.8 Å². The molecule has 0 spiro atoms. The van der Waals surface area contributed by atoms with Gasteiger partial charge in [-0.1, -0.05) is 55.3 Å². The first-order chi connectivity index (χ1) is 19.4. The summed E-state index contributed by atoms with van der Waals surface area (Å²) in [6.45, 7) is 9.95. The Bertz CT molecular complexity index is 1410. The number of hydrogen-bond acceptors (Lipinski definition) is 5. The number of carbonyl (C=O) groups is 2. The molecule has 2 amide bonds. The van der Waals surface area contributed by atoms with Crippen molar-refractivity contribution in [2.45, 2.75) is 52.1 Å². The van der Waals surface area contributed by atoms with Crippen LogP contribution in [0.2, 0.25) is 5.02 Å². The highest BCUT2D eigenvalue weighted by molar-refractivity contribution is 7.92. The van der Waals surface area contributed by atoms with Crippen molar-refractivity contribution in [2.75, 3.05) is 24.0 Å². The van der Waals surface area contributed by atoms with Gasteiger partial charge in [0.05, 0.1) is 17.2 Å². The highest BCUT2D eigenvalue weighted by Gasteiger charge is 2.32. The number of sulfonamides is 1. The van der Waals surface area contributed by atoms with Gasteiger partial charge >= 0.3 is 0 Å². The molecule has 1 atom stereocenters. The largest absolute Gasteiger partial charge is 0.494 e. The maximum Gasteiger partial charge on any atom is 0.264 e. The molecular weight excluding hydrogens is 562 g/mol. The molecule has 0 heterocycles. The Morgan fingerprint density at radius 2 is 1.54 bits per heavy atom. The molecule has 0 fully saturated rings. The average Bonchev–Trinajstić information content (AvgIpc) is 2.94. The fourth-order valence-corrected chi connectivity index (χ4v) is 5.60. The number of carbonyl (C=O) groups excluding carboxylic acids is 2. The average molecular weight is 600 g/mol. The first kappa shape index (κ1) is 32.0. The predicted molar refractivity (Wildman–Crippen MR) is 163 cm³/mol. The molecule has 41 heavy (non-hydrogen) atoms. The monoisotopic (exact) mass is 599 g/mol. The molecule has 1 N–H and O–H groups in total. The van der Waals surface area contributed by atoms with Crippen LogP contribution in [0.1, 0.15) is 38.8 Å². The summed E-state index contributed by atoms with van der Waals surface area (Å²) in [6.07, 6.45) is 0. The summed E-state index contributed by atoms with van der Waals surface area (Å²) in [5, 5.41) is 3.27. The lowest BCUT2D eigenvalue weighted by Crippen LogP contribution is -2.51. The first-order valence-electron chi connectivity index (χ1n) is 13.6. The standard InChI is InChI=1S/C31H38ClN3O5S/c1-6-40-28-15-13-27(14-16-28)35(41(38,39)29-17-11-26(32)12-18-29)21-30(36)34(20-25-9-7-23(4)8-10-25)24(5)31(37)33-19-22(2)3/h7-18,22,24H,6,19-21H2,1-5H3,(H,33,37)/t24-/m1/s1. The van der Waals surface area contributed by atoms with Crippen molar-refractivity contribution < 1.29 is 22.7 Å². The molecule has 0 saturated heterocycles. The van der Waals surface area contributed by atoms with Crippen LogP contribution in [0.3, 0.4) is 0 Å². The van der Waals surface area contributed by atoms with E-state index in [9.17, 15) is 18.0 Å². The van der Waals surface area contributed by atoms with E-state index in [-0.39, 0.29) is 29.0 Å². The van der Waals surface area contributed by atoms with Crippen LogP contribution in [0.5, 0.6) is 5.75 Å². The van der Waals surface area contributed by atoms with Gasteiger partial charge in [0.15, 0.2) is 0 Å². The van der Waals surface area contributed by atoms with E-state index in [1.165, 1.54) is 29.2 Å². The molecule has 0 radical (unpaired) electrons. The number of ether oxygens (including phenoxy) is 1. The van der Waals surface area contributed by atoms with Crippen LogP contribution in [0, 0.1) is 12.8 Å². The van der Waals surface area contributed by atoms with Gasteiger partial charge in [-0.2, -0.15) is 0 Å². The second kappa shape index (κ2) is 14.4. The van der Waals surface area contributed by atoms with Crippen molar-refractivity contribution >= 4 is 39.1 Å². The van der Waals surface area contributed by atoms with Crippen LogP contribution in [0.25, 0.3) is 0 Å². The number of halogens is 1. The number of benzene rings is 3. The molecule has 0 saturated carbocycles. The Morgan fingerprint density at radius 3 is 2.10 bits per heavy atom. The number of anilines is 1. The summed E-state index contributed by atoms with van der Waals surface area (Å²) < 4.78 is 34.3. The molecule has 0 aliphatic rings. The van der Waals surface area contributed by atoms with Gasteiger partial charge in [-0.25, -0.2) is 8.42 Å². The molecule has 0 bridgehead atoms. The highest BCUT2D eigenvalue weighted by Crippen LogP contribution is 2.27. The predicted octanol–water partition coefficient (Wildman–Crippen LogP) is 5.43. The molecule has 10 heteroatoms. The van der Waals surface area contributed by atoms with E-state index >= 15 is 0 Å². The zero-order chi connectivity index (χ0) is 30.2. The van der Waals surface area contributed by atoms with Crippen LogP contribution in [0.4, 0.5) is 5.69 Å². The quantitative estimate of drug-likeness (QED) is 0.283. The van der Waals surface area contributed by atoms with Crippen molar-refractivity contribution in [1.82, 2.24) is 10.2 Å². The Balaban J connectivity index is 2.01. The summed E-state index contributed by atoms with van der Waals surface area (Å²) in [4.78, 5) is 28.5. The van der Waals surface area contributed by atoms with E-state index in [1.54, 1.807) is 31.2 Å². The van der Waals surface area contributed by atoms with Gasteiger partial charge < -0.3 is 15.0 Å². The third kappa shape index (κ3) is 8.71. The van der Waals surface area contributed by atoms with Crippen molar-refractivity contribution in [3.63, 3.8) is 0 Å². The van der Waals surface area contributed by atoms with Gasteiger partial charge in [0, 0.05) is 18.1 Å². The second-order valence-corrected chi connectivity index (χ2v) is 12.5. The topological polar surface area (TPSA) is 96.0 Å². The fraction of sp³-hybridized carbons (Fsp3) is 0.355. The molecule has 0 aliphatic carbocycles. The van der Waals surface area contributed by atoms with Crippen molar-refractivity contribution in [1.29, 1.82) is 0 Å². The second-order valence-electron chi connectivity index (χ2n) is 10.2. The number of hydrogen-bond donors (Lipinski definition) is 1. The van der Waals surface area contributed by atoms with Gasteiger partial charge in [-0.15, -0.1) is 0 Å². The molecule has 3 aromatic carbocycles. The van der Waals surface area contributed by atoms with E-state index in [2.05, 4.69) is 5.32 Å². The normalized spacial score (nSPS) is 12.1. The zero-order valence-corrected chi connectivity index (χ0v) is 25.7. The number of rotatable bonds is 13. The molecule has 3 aromatic rings. The lowest BCUT2D eigenvalue weighted by atomic mass is 10.1. The number of nitrogens with zero attached hydrogens (tertiary/aromatic N) is 2. The summed E-state index contributed by atoms with van der Waals surface area (Å²) in [5.74, 6) is -0.0357. The van der Waals surface area contributed by atoms with Crippen molar-refractivity contribution in [3.8, 4) is 5.75 Å². The molecule has 220 valence electrons. The van der Waals surface area contributed by atoms with Crippen LogP contribution >= 0.6 is 11.6 Å². The number of amides is 2. The minimum absolute atomic E-state index is 0.0172. The molecule has 0 unspecified atom stereocenters. The van der Waals surface area contributed by atoms with Crippen molar-refractivity contribution in [3.05, 3.63) is 88.9 Å². The lowest BCUT2D eigenvalue weighted by Gasteiger charge is -2.32. The number of nitrogens with one attached hydrogen (secondary N) is 1. The van der Waals surface area contributed by atoms with Gasteiger partial charge in [-0.3, -0.25) is 13.9 Å². The van der Waals surface area contributed by atoms with Gasteiger partial charge in [0.2, 0.25) is 11.8 Å². The first-order valence-corrected chi connectivity index (χ1v) is 15.4. The molecule has 3 rings (SSSR count). The van der Waals surface area contributed by atoms with E-state index in [1.807, 2.05) is 52.0 Å². The van der Waals surface area contributed by atoms with Gasteiger partial charge in [0.25, 0.3) is 10.0 Å².